The summed E-state index contributed by atoms with van der Waals surface area (Å²) in [6.45, 7) is 5.80. The van der Waals surface area contributed by atoms with Crippen molar-refractivity contribution in [2.24, 2.45) is 5.92 Å². The third-order valence-electron chi connectivity index (χ3n) is 7.99. The first kappa shape index (κ1) is 26.2. The van der Waals surface area contributed by atoms with E-state index < -0.39 is 0 Å². The zero-order chi connectivity index (χ0) is 27.5. The van der Waals surface area contributed by atoms with E-state index in [0.29, 0.717) is 23.5 Å². The average Bonchev–Trinajstić information content (AvgIpc) is 3.84. The number of rotatable bonds is 8. The first-order valence-electron chi connectivity index (χ1n) is 14.4. The number of benzene rings is 1. The molecule has 40 heavy (non-hydrogen) atoms. The number of aromatic nitrogens is 2. The van der Waals surface area contributed by atoms with Crippen LogP contribution in [0.15, 0.2) is 60.6 Å². The van der Waals surface area contributed by atoms with E-state index in [4.69, 9.17) is 0 Å². The highest BCUT2D eigenvalue weighted by Gasteiger charge is 2.30. The van der Waals surface area contributed by atoms with Gasteiger partial charge in [0.05, 0.1) is 29.5 Å². The molecule has 0 radical (unpaired) electrons. The lowest BCUT2D eigenvalue weighted by Crippen LogP contribution is -2.29. The van der Waals surface area contributed by atoms with Crippen LogP contribution in [0.25, 0.3) is 16.7 Å². The molecule has 2 aliphatic heterocycles. The van der Waals surface area contributed by atoms with E-state index in [1.807, 2.05) is 36.4 Å². The molecule has 8 nitrogen and oxygen atoms in total. The minimum Gasteiger partial charge on any atom is -0.381 e. The number of amides is 2. The second kappa shape index (κ2) is 11.6. The minimum atomic E-state index is -0.133. The Morgan fingerprint density at radius 3 is 2.55 bits per heavy atom. The number of likely N-dealkylation sites (tertiary alicyclic amines) is 1. The quantitative estimate of drug-likeness (QED) is 0.341. The van der Waals surface area contributed by atoms with Gasteiger partial charge in [-0.05, 0) is 86.7 Å². The van der Waals surface area contributed by atoms with Crippen LogP contribution in [0, 0.1) is 5.92 Å². The van der Waals surface area contributed by atoms with Crippen LogP contribution in [0.2, 0.25) is 0 Å². The average molecular weight is 537 g/mol. The zero-order valence-electron chi connectivity index (χ0n) is 23.0. The lowest BCUT2D eigenvalue weighted by atomic mass is 9.90. The van der Waals surface area contributed by atoms with E-state index in [1.165, 1.54) is 19.3 Å². The highest BCUT2D eigenvalue weighted by molar-refractivity contribution is 6.28. The highest BCUT2D eigenvalue weighted by atomic mass is 16.2. The van der Waals surface area contributed by atoms with E-state index in [9.17, 15) is 9.59 Å². The van der Waals surface area contributed by atoms with Crippen LogP contribution >= 0.6 is 0 Å². The molecule has 3 aliphatic rings. The summed E-state index contributed by atoms with van der Waals surface area (Å²) in [5.74, 6) is 0.0428. The number of piperidine rings is 1. The van der Waals surface area contributed by atoms with Crippen molar-refractivity contribution in [2.75, 3.05) is 35.6 Å². The van der Waals surface area contributed by atoms with Crippen LogP contribution in [0.1, 0.15) is 56.7 Å². The molecule has 1 aromatic carbocycles. The monoisotopic (exact) mass is 536 g/mol. The molecule has 2 aromatic heterocycles. The fraction of sp³-hybridized carbons (Fsp3) is 0.375. The molecule has 6 rings (SSSR count). The molecular weight excluding hydrogens is 500 g/mol. The molecular formula is C32H36N6O2. The maximum Gasteiger partial charge on any atom is 0.256 e. The normalized spacial score (nSPS) is 17.1. The van der Waals surface area contributed by atoms with Crippen LogP contribution in [-0.2, 0) is 16.1 Å². The number of hydrogen-bond donors (Lipinski definition) is 3. The Balaban J connectivity index is 1.22. The van der Waals surface area contributed by atoms with Crippen molar-refractivity contribution >= 4 is 34.4 Å². The molecule has 1 aliphatic carbocycles. The third-order valence-corrected chi connectivity index (χ3v) is 7.99. The van der Waals surface area contributed by atoms with Gasteiger partial charge in [-0.15, -0.1) is 0 Å². The molecule has 0 spiro atoms. The van der Waals surface area contributed by atoms with Crippen molar-refractivity contribution in [3.05, 3.63) is 71.8 Å². The number of nitrogens with zero attached hydrogens (tertiary/aromatic N) is 3. The summed E-state index contributed by atoms with van der Waals surface area (Å²) in [4.78, 5) is 37.4. The minimum absolute atomic E-state index is 0.0529. The SMILES string of the molecule is CCC1=C(C(=O)Nc2ccc(CN3CCCCC3)nc2)c2cc(-c3cncc(NC(=O)C4CC4)c3)ccc2NC1. The molecule has 0 unspecified atom stereocenters. The standard InChI is InChI=1S/C32H36N6O2/c1-2-21-17-35-29-11-8-23(24-14-27(18-33-16-24)37-31(39)22-6-7-22)15-28(29)30(21)32(40)36-25-9-10-26(34-19-25)20-38-12-4-3-5-13-38/h8-11,14-16,18-19,22,35H,2-7,12-13,17,20H2,1H3,(H,36,40)(H,37,39). The van der Waals surface area contributed by atoms with Gasteiger partial charge in [0, 0.05) is 47.6 Å². The van der Waals surface area contributed by atoms with Crippen molar-refractivity contribution in [1.29, 1.82) is 0 Å². The summed E-state index contributed by atoms with van der Waals surface area (Å²) >= 11 is 0. The van der Waals surface area contributed by atoms with E-state index >= 15 is 0 Å². The lowest BCUT2D eigenvalue weighted by molar-refractivity contribution is -0.117. The van der Waals surface area contributed by atoms with Gasteiger partial charge in [-0.25, -0.2) is 0 Å². The Kier molecular flexibility index (Phi) is 7.60. The topological polar surface area (TPSA) is 99.2 Å². The first-order chi connectivity index (χ1) is 19.6. The Morgan fingerprint density at radius 1 is 0.950 bits per heavy atom. The van der Waals surface area contributed by atoms with Crippen LogP contribution < -0.4 is 16.0 Å². The predicted octanol–water partition coefficient (Wildman–Crippen LogP) is 5.71. The molecule has 1 saturated carbocycles. The molecule has 2 amide bonds. The first-order valence-corrected chi connectivity index (χ1v) is 14.4. The van der Waals surface area contributed by atoms with E-state index in [1.54, 1.807) is 18.6 Å². The van der Waals surface area contributed by atoms with E-state index in [2.05, 4.69) is 37.7 Å². The van der Waals surface area contributed by atoms with Gasteiger partial charge in [-0.2, -0.15) is 0 Å². The molecule has 1 saturated heterocycles. The van der Waals surface area contributed by atoms with E-state index in [-0.39, 0.29) is 17.7 Å². The molecule has 3 N–H and O–H groups in total. The molecule has 3 aromatic rings. The van der Waals surface area contributed by atoms with Crippen molar-refractivity contribution < 1.29 is 9.59 Å². The van der Waals surface area contributed by atoms with Gasteiger partial charge in [-0.1, -0.05) is 19.4 Å². The lowest BCUT2D eigenvalue weighted by Gasteiger charge is -2.26. The Hall–Kier alpha value is -4.04. The molecule has 2 fully saturated rings. The molecule has 0 bridgehead atoms. The fourth-order valence-corrected chi connectivity index (χ4v) is 5.54. The summed E-state index contributed by atoms with van der Waals surface area (Å²) in [7, 11) is 0. The van der Waals surface area contributed by atoms with E-state index in [0.717, 1.165) is 72.5 Å². The maximum absolute atomic E-state index is 13.7. The third kappa shape index (κ3) is 5.92. The Bertz CT molecular complexity index is 1440. The van der Waals surface area contributed by atoms with Gasteiger partial charge < -0.3 is 16.0 Å². The highest BCUT2D eigenvalue weighted by Crippen LogP contribution is 2.37. The van der Waals surface area contributed by atoms with Crippen molar-refractivity contribution in [1.82, 2.24) is 14.9 Å². The van der Waals surface area contributed by atoms with Crippen LogP contribution in [0.5, 0.6) is 0 Å². The molecule has 4 heterocycles. The molecule has 206 valence electrons. The summed E-state index contributed by atoms with van der Waals surface area (Å²) in [5.41, 5.74) is 7.75. The number of fused-ring (bicyclic) bond motifs is 1. The second-order valence-corrected chi connectivity index (χ2v) is 11.0. The van der Waals surface area contributed by atoms with Gasteiger partial charge in [0.1, 0.15) is 0 Å². The largest absolute Gasteiger partial charge is 0.381 e. The van der Waals surface area contributed by atoms with Gasteiger partial charge in [0.15, 0.2) is 0 Å². The summed E-state index contributed by atoms with van der Waals surface area (Å²) in [6, 6.07) is 12.0. The number of carbonyl (C=O) groups is 2. The number of hydrogen-bond acceptors (Lipinski definition) is 6. The summed E-state index contributed by atoms with van der Waals surface area (Å²) < 4.78 is 0. The van der Waals surface area contributed by atoms with Gasteiger partial charge >= 0.3 is 0 Å². The number of carbonyl (C=O) groups excluding carboxylic acids is 2. The smallest absolute Gasteiger partial charge is 0.256 e. The van der Waals surface area contributed by atoms with Gasteiger partial charge in [-0.3, -0.25) is 24.5 Å². The number of pyridine rings is 2. The van der Waals surface area contributed by atoms with Crippen LogP contribution in [0.3, 0.4) is 0 Å². The summed E-state index contributed by atoms with van der Waals surface area (Å²) in [5, 5.41) is 9.54. The van der Waals surface area contributed by atoms with Crippen molar-refractivity contribution in [2.45, 2.75) is 52.0 Å². The maximum atomic E-state index is 13.7. The van der Waals surface area contributed by atoms with Crippen LogP contribution in [0.4, 0.5) is 17.1 Å². The molecule has 0 atom stereocenters. The molecule has 8 heteroatoms. The van der Waals surface area contributed by atoms with Gasteiger partial charge in [0.25, 0.3) is 5.91 Å². The van der Waals surface area contributed by atoms with Crippen molar-refractivity contribution in [3.8, 4) is 11.1 Å². The summed E-state index contributed by atoms with van der Waals surface area (Å²) in [6.07, 6.45) is 11.7. The number of nitrogens with one attached hydrogen (secondary N) is 3. The zero-order valence-corrected chi connectivity index (χ0v) is 23.0. The fourth-order valence-electron chi connectivity index (χ4n) is 5.54. The van der Waals surface area contributed by atoms with Gasteiger partial charge in [0.2, 0.25) is 5.91 Å². The second-order valence-electron chi connectivity index (χ2n) is 11.0. The predicted molar refractivity (Wildman–Crippen MR) is 159 cm³/mol. The van der Waals surface area contributed by atoms with Crippen molar-refractivity contribution in [3.63, 3.8) is 0 Å². The van der Waals surface area contributed by atoms with Crippen LogP contribution in [-0.4, -0.2) is 46.3 Å². The number of anilines is 3. The Morgan fingerprint density at radius 2 is 1.80 bits per heavy atom. The Labute approximate surface area is 235 Å².